The highest BCUT2D eigenvalue weighted by molar-refractivity contribution is 8.00. The summed E-state index contributed by atoms with van der Waals surface area (Å²) in [4.78, 5) is 13.5. The van der Waals surface area contributed by atoms with Crippen molar-refractivity contribution >= 4 is 33.4 Å². The van der Waals surface area contributed by atoms with Crippen molar-refractivity contribution in [3.8, 4) is 0 Å². The second kappa shape index (κ2) is 8.77. The zero-order chi connectivity index (χ0) is 19.3. The van der Waals surface area contributed by atoms with Crippen LogP contribution < -0.4 is 9.62 Å². The number of ether oxygens (including phenoxy) is 1. The largest absolute Gasteiger partial charge is 0.385 e. The molecule has 2 aromatic rings. The molecule has 1 aliphatic heterocycles. The summed E-state index contributed by atoms with van der Waals surface area (Å²) in [6.07, 6.45) is 0.720. The molecule has 1 heterocycles. The number of hydrogen-bond donors (Lipinski definition) is 1. The minimum Gasteiger partial charge on any atom is -0.385 e. The molecule has 0 aliphatic carbocycles. The van der Waals surface area contributed by atoms with E-state index in [0.29, 0.717) is 36.7 Å². The first kappa shape index (κ1) is 19.7. The fourth-order valence-corrected chi connectivity index (χ4v) is 5.47. The number of carbonyl (C=O) groups is 1. The third-order valence-corrected chi connectivity index (χ3v) is 7.05. The van der Waals surface area contributed by atoms with Crippen molar-refractivity contribution in [1.29, 1.82) is 0 Å². The number of hydrogen-bond acceptors (Lipinski definition) is 5. The topological polar surface area (TPSA) is 75.7 Å². The number of amides is 1. The summed E-state index contributed by atoms with van der Waals surface area (Å²) in [5.74, 6) is 0.447. The van der Waals surface area contributed by atoms with Crippen LogP contribution in [0.25, 0.3) is 0 Å². The van der Waals surface area contributed by atoms with E-state index < -0.39 is 10.0 Å². The van der Waals surface area contributed by atoms with E-state index in [4.69, 9.17) is 4.74 Å². The Labute approximate surface area is 164 Å². The fraction of sp³-hybridized carbons (Fsp3) is 0.316. The van der Waals surface area contributed by atoms with Gasteiger partial charge in [0.15, 0.2) is 0 Å². The molecule has 0 radical (unpaired) electrons. The van der Waals surface area contributed by atoms with Crippen LogP contribution in [0, 0.1) is 0 Å². The maximum atomic E-state index is 13.1. The fourth-order valence-electron chi connectivity index (χ4n) is 2.82. The zero-order valence-corrected chi connectivity index (χ0v) is 16.7. The number of nitrogens with zero attached hydrogens (tertiary/aromatic N) is 1. The monoisotopic (exact) mass is 406 g/mol. The average Bonchev–Trinajstić information content (AvgIpc) is 2.70. The smallest absolute Gasteiger partial charge is 0.264 e. The molecule has 0 saturated carbocycles. The van der Waals surface area contributed by atoms with Crippen molar-refractivity contribution in [2.24, 2.45) is 0 Å². The van der Waals surface area contributed by atoms with E-state index in [2.05, 4.69) is 5.32 Å². The van der Waals surface area contributed by atoms with Gasteiger partial charge in [0.05, 0.1) is 10.6 Å². The lowest BCUT2D eigenvalue weighted by molar-refractivity contribution is 0.0948. The molecule has 0 saturated heterocycles. The molecule has 27 heavy (non-hydrogen) atoms. The van der Waals surface area contributed by atoms with Crippen LogP contribution in [0.3, 0.4) is 0 Å². The third-order valence-electron chi connectivity index (χ3n) is 4.18. The van der Waals surface area contributed by atoms with Crippen molar-refractivity contribution in [3.63, 3.8) is 0 Å². The molecular formula is C19H22N2O4S2. The van der Waals surface area contributed by atoms with Gasteiger partial charge in [-0.25, -0.2) is 8.42 Å². The van der Waals surface area contributed by atoms with Gasteiger partial charge in [0.25, 0.3) is 15.9 Å². The molecule has 0 aromatic heterocycles. The SMILES string of the molecule is COCCCNC(=O)c1ccc2c(c1)N(S(=O)(=O)c1ccccc1)CCS2. The Kier molecular flexibility index (Phi) is 6.41. The van der Waals surface area contributed by atoms with Crippen LogP contribution in [0.4, 0.5) is 5.69 Å². The van der Waals surface area contributed by atoms with Crippen molar-refractivity contribution in [2.75, 3.05) is 36.9 Å². The average molecular weight is 407 g/mol. The van der Waals surface area contributed by atoms with Crippen LogP contribution in [0.15, 0.2) is 58.3 Å². The Balaban J connectivity index is 1.87. The molecule has 8 heteroatoms. The Hall–Kier alpha value is -2.03. The first-order chi connectivity index (χ1) is 13.0. The van der Waals surface area contributed by atoms with Crippen molar-refractivity contribution in [3.05, 3.63) is 54.1 Å². The summed E-state index contributed by atoms with van der Waals surface area (Å²) >= 11 is 1.59. The first-order valence-electron chi connectivity index (χ1n) is 8.66. The highest BCUT2D eigenvalue weighted by Gasteiger charge is 2.30. The molecule has 3 rings (SSSR count). The predicted octanol–water partition coefficient (Wildman–Crippen LogP) is 2.75. The quantitative estimate of drug-likeness (QED) is 0.716. The van der Waals surface area contributed by atoms with Crippen molar-refractivity contribution < 1.29 is 17.9 Å². The normalized spacial score (nSPS) is 13.9. The van der Waals surface area contributed by atoms with E-state index in [1.165, 1.54) is 4.31 Å². The van der Waals surface area contributed by atoms with Gasteiger partial charge in [-0.2, -0.15) is 0 Å². The molecule has 0 bridgehead atoms. The van der Waals surface area contributed by atoms with Gasteiger partial charge in [0.1, 0.15) is 0 Å². The maximum Gasteiger partial charge on any atom is 0.264 e. The Morgan fingerprint density at radius 3 is 2.74 bits per heavy atom. The molecule has 1 amide bonds. The molecule has 2 aromatic carbocycles. The summed E-state index contributed by atoms with van der Waals surface area (Å²) in [6.45, 7) is 1.45. The number of methoxy groups -OCH3 is 1. The van der Waals surface area contributed by atoms with Crippen molar-refractivity contribution in [1.82, 2.24) is 5.32 Å². The van der Waals surface area contributed by atoms with Gasteiger partial charge in [0, 0.05) is 43.0 Å². The van der Waals surface area contributed by atoms with Gasteiger partial charge in [-0.1, -0.05) is 18.2 Å². The Morgan fingerprint density at radius 2 is 2.00 bits per heavy atom. The lowest BCUT2D eigenvalue weighted by Crippen LogP contribution is -2.35. The lowest BCUT2D eigenvalue weighted by atomic mass is 10.2. The maximum absolute atomic E-state index is 13.1. The van der Waals surface area contributed by atoms with E-state index in [0.717, 1.165) is 11.3 Å². The summed E-state index contributed by atoms with van der Waals surface area (Å²) in [5.41, 5.74) is 1.00. The van der Waals surface area contributed by atoms with Crippen LogP contribution in [0.5, 0.6) is 0 Å². The van der Waals surface area contributed by atoms with Gasteiger partial charge < -0.3 is 10.1 Å². The van der Waals surface area contributed by atoms with E-state index in [-0.39, 0.29) is 10.8 Å². The highest BCUT2D eigenvalue weighted by Crippen LogP contribution is 2.38. The Morgan fingerprint density at radius 1 is 1.22 bits per heavy atom. The molecule has 6 nitrogen and oxygen atoms in total. The van der Waals surface area contributed by atoms with Gasteiger partial charge in [-0.15, -0.1) is 11.8 Å². The number of benzene rings is 2. The van der Waals surface area contributed by atoms with E-state index in [1.54, 1.807) is 61.3 Å². The van der Waals surface area contributed by atoms with Crippen LogP contribution >= 0.6 is 11.8 Å². The van der Waals surface area contributed by atoms with Gasteiger partial charge in [0.2, 0.25) is 0 Å². The molecule has 0 spiro atoms. The molecule has 1 N–H and O–H groups in total. The summed E-state index contributed by atoms with van der Waals surface area (Å²) < 4.78 is 32.5. The number of thioether (sulfide) groups is 1. The zero-order valence-electron chi connectivity index (χ0n) is 15.1. The second-order valence-corrected chi connectivity index (χ2v) is 9.02. The number of anilines is 1. The van der Waals surface area contributed by atoms with Crippen LogP contribution in [0.1, 0.15) is 16.8 Å². The number of rotatable bonds is 7. The molecule has 1 aliphatic rings. The second-order valence-electron chi connectivity index (χ2n) is 6.02. The van der Waals surface area contributed by atoms with Gasteiger partial charge >= 0.3 is 0 Å². The molecule has 0 unspecified atom stereocenters. The lowest BCUT2D eigenvalue weighted by Gasteiger charge is -2.30. The van der Waals surface area contributed by atoms with Gasteiger partial charge in [-0.3, -0.25) is 9.10 Å². The number of carbonyl (C=O) groups excluding carboxylic acids is 1. The Bertz CT molecular complexity index is 901. The number of nitrogens with one attached hydrogen (secondary N) is 1. The molecule has 0 atom stereocenters. The summed E-state index contributed by atoms with van der Waals surface area (Å²) in [5, 5.41) is 2.83. The van der Waals surface area contributed by atoms with E-state index >= 15 is 0 Å². The standard InChI is InChI=1S/C19H22N2O4S2/c1-25-12-5-10-20-19(22)15-8-9-18-17(14-15)21(11-13-26-18)27(23,24)16-6-3-2-4-7-16/h2-4,6-9,14H,5,10-13H2,1H3,(H,20,22). The first-order valence-corrected chi connectivity index (χ1v) is 11.1. The van der Waals surface area contributed by atoms with Crippen molar-refractivity contribution in [2.45, 2.75) is 16.2 Å². The third kappa shape index (κ3) is 4.45. The van der Waals surface area contributed by atoms with Crippen LogP contribution in [-0.4, -0.2) is 46.9 Å². The molecule has 0 fully saturated rings. The predicted molar refractivity (Wildman–Crippen MR) is 107 cm³/mol. The number of sulfonamides is 1. The molecular weight excluding hydrogens is 384 g/mol. The van der Waals surface area contributed by atoms with E-state index in [9.17, 15) is 13.2 Å². The van der Waals surface area contributed by atoms with Gasteiger partial charge in [-0.05, 0) is 36.8 Å². The molecule has 144 valence electrons. The summed E-state index contributed by atoms with van der Waals surface area (Å²) in [7, 11) is -2.05. The van der Waals surface area contributed by atoms with E-state index in [1.807, 2.05) is 6.07 Å². The summed E-state index contributed by atoms with van der Waals surface area (Å²) in [6, 6.07) is 13.6. The minimum atomic E-state index is -3.67. The van der Waals surface area contributed by atoms with Crippen LogP contribution in [-0.2, 0) is 14.8 Å². The number of fused-ring (bicyclic) bond motifs is 1. The minimum absolute atomic E-state index is 0.221. The van der Waals surface area contributed by atoms with Crippen LogP contribution in [0.2, 0.25) is 0 Å². The highest BCUT2D eigenvalue weighted by atomic mass is 32.2.